The number of hydrogen-bond donors (Lipinski definition) is 2. The van der Waals surface area contributed by atoms with Gasteiger partial charge in [-0.2, -0.15) is 0 Å². The second-order valence-corrected chi connectivity index (χ2v) is 5.49. The Balaban J connectivity index is 1.94. The third kappa shape index (κ3) is 2.73. The summed E-state index contributed by atoms with van der Waals surface area (Å²) in [4.78, 5) is 44.1. The normalized spacial score (nSPS) is 12.8. The van der Waals surface area contributed by atoms with Crippen LogP contribution in [0.15, 0.2) is 23.0 Å². The largest absolute Gasteiger partial charge is 0.497 e. The van der Waals surface area contributed by atoms with Crippen molar-refractivity contribution in [3.8, 4) is 5.75 Å². The molecule has 3 rings (SSSR count). The molecule has 8 heteroatoms. The first-order valence-corrected chi connectivity index (χ1v) is 7.19. The summed E-state index contributed by atoms with van der Waals surface area (Å²) in [5.74, 6) is -0.766. The highest BCUT2D eigenvalue weighted by Crippen LogP contribution is 2.23. The van der Waals surface area contributed by atoms with Gasteiger partial charge in [0.2, 0.25) is 0 Å². The van der Waals surface area contributed by atoms with Gasteiger partial charge in [0.15, 0.2) is 0 Å². The Hall–Kier alpha value is -3.16. The van der Waals surface area contributed by atoms with E-state index in [9.17, 15) is 14.4 Å². The van der Waals surface area contributed by atoms with Crippen molar-refractivity contribution < 1.29 is 19.4 Å². The Kier molecular flexibility index (Phi) is 3.80. The second-order valence-electron chi connectivity index (χ2n) is 5.49. The van der Waals surface area contributed by atoms with Crippen LogP contribution in [0.4, 0.5) is 0 Å². The fraction of sp³-hybridized carbons (Fsp3) is 0.250. The van der Waals surface area contributed by atoms with Crippen LogP contribution in [-0.4, -0.2) is 39.0 Å². The van der Waals surface area contributed by atoms with Crippen LogP contribution < -0.4 is 10.3 Å². The number of aromatic nitrogens is 2. The molecule has 1 aliphatic rings. The summed E-state index contributed by atoms with van der Waals surface area (Å²) in [5.41, 5.74) is 0.903. The van der Waals surface area contributed by atoms with Crippen molar-refractivity contribution in [2.24, 2.45) is 0 Å². The van der Waals surface area contributed by atoms with E-state index < -0.39 is 5.97 Å². The van der Waals surface area contributed by atoms with Gasteiger partial charge >= 0.3 is 5.97 Å². The summed E-state index contributed by atoms with van der Waals surface area (Å²) in [6.45, 7) is 2.02. The van der Waals surface area contributed by atoms with Crippen molar-refractivity contribution in [1.82, 2.24) is 14.9 Å². The fourth-order valence-electron chi connectivity index (χ4n) is 2.68. The van der Waals surface area contributed by atoms with E-state index in [1.54, 1.807) is 6.92 Å². The molecule has 0 saturated carbocycles. The van der Waals surface area contributed by atoms with Crippen LogP contribution in [0, 0.1) is 6.92 Å². The molecule has 0 radical (unpaired) electrons. The van der Waals surface area contributed by atoms with Gasteiger partial charge in [0, 0.05) is 5.56 Å². The first-order chi connectivity index (χ1) is 11.4. The Morgan fingerprint density at radius 1 is 1.25 bits per heavy atom. The molecule has 0 bridgehead atoms. The van der Waals surface area contributed by atoms with Crippen LogP contribution in [0.3, 0.4) is 0 Å². The van der Waals surface area contributed by atoms with Gasteiger partial charge in [-0.3, -0.25) is 9.59 Å². The van der Waals surface area contributed by atoms with Gasteiger partial charge in [-0.05, 0) is 25.1 Å². The number of carboxylic acid groups (broad SMARTS) is 1. The minimum atomic E-state index is -1.15. The Labute approximate surface area is 136 Å². The smallest absolute Gasteiger partial charge is 0.335 e. The molecule has 0 fully saturated rings. The third-order valence-corrected chi connectivity index (χ3v) is 3.83. The maximum atomic E-state index is 12.7. The van der Waals surface area contributed by atoms with E-state index in [1.165, 1.54) is 30.2 Å². The van der Waals surface area contributed by atoms with Gasteiger partial charge in [0.05, 0.1) is 37.0 Å². The third-order valence-electron chi connectivity index (χ3n) is 3.83. The molecule has 1 aromatic heterocycles. The zero-order valence-corrected chi connectivity index (χ0v) is 13.1. The number of fused-ring (bicyclic) bond motifs is 1. The first kappa shape index (κ1) is 15.7. The summed E-state index contributed by atoms with van der Waals surface area (Å²) in [6.07, 6.45) is 0. The number of aromatic carboxylic acids is 1. The highest BCUT2D eigenvalue weighted by Gasteiger charge is 2.28. The first-order valence-electron chi connectivity index (χ1n) is 7.19. The number of hydrogen-bond acceptors (Lipinski definition) is 5. The molecule has 0 spiro atoms. The molecule has 0 saturated heterocycles. The van der Waals surface area contributed by atoms with Crippen molar-refractivity contribution in [1.29, 1.82) is 0 Å². The molecule has 2 aromatic rings. The van der Waals surface area contributed by atoms with Crippen molar-refractivity contribution >= 4 is 11.9 Å². The maximum Gasteiger partial charge on any atom is 0.335 e. The lowest BCUT2D eigenvalue weighted by Crippen LogP contribution is -2.26. The highest BCUT2D eigenvalue weighted by molar-refractivity contribution is 5.98. The highest BCUT2D eigenvalue weighted by atomic mass is 16.5. The van der Waals surface area contributed by atoms with Crippen LogP contribution >= 0.6 is 0 Å². The number of nitrogens with one attached hydrogen (secondary N) is 1. The molecular formula is C16H15N3O5. The van der Waals surface area contributed by atoms with Gasteiger partial charge in [-0.15, -0.1) is 0 Å². The molecular weight excluding hydrogens is 314 g/mol. The van der Waals surface area contributed by atoms with Gasteiger partial charge < -0.3 is 19.7 Å². The average molecular weight is 329 g/mol. The van der Waals surface area contributed by atoms with Gasteiger partial charge in [0.25, 0.3) is 11.5 Å². The lowest BCUT2D eigenvalue weighted by molar-refractivity contribution is 0.0696. The predicted molar refractivity (Wildman–Crippen MR) is 83.1 cm³/mol. The summed E-state index contributed by atoms with van der Waals surface area (Å²) in [7, 11) is 1.40. The van der Waals surface area contributed by atoms with Crippen molar-refractivity contribution in [2.75, 3.05) is 7.11 Å². The molecule has 0 atom stereocenters. The van der Waals surface area contributed by atoms with E-state index >= 15 is 0 Å². The number of benzene rings is 1. The van der Waals surface area contributed by atoms with Crippen LogP contribution in [-0.2, 0) is 13.1 Å². The number of methoxy groups -OCH3 is 1. The van der Waals surface area contributed by atoms with Gasteiger partial charge in [-0.1, -0.05) is 0 Å². The Morgan fingerprint density at radius 3 is 2.62 bits per heavy atom. The lowest BCUT2D eigenvalue weighted by Gasteiger charge is -2.16. The molecule has 24 heavy (non-hydrogen) atoms. The number of amides is 1. The molecule has 0 aliphatic carbocycles. The number of rotatable bonds is 3. The monoisotopic (exact) mass is 329 g/mol. The van der Waals surface area contributed by atoms with E-state index in [4.69, 9.17) is 9.84 Å². The van der Waals surface area contributed by atoms with Crippen LogP contribution in [0.1, 0.15) is 37.8 Å². The van der Waals surface area contributed by atoms with Crippen LogP contribution in [0.2, 0.25) is 0 Å². The molecule has 2 heterocycles. The number of ether oxygens (including phenoxy) is 1. The minimum Gasteiger partial charge on any atom is -0.497 e. The molecule has 1 aromatic carbocycles. The summed E-state index contributed by atoms with van der Waals surface area (Å²) in [6, 6.07) is 4.10. The fourth-order valence-corrected chi connectivity index (χ4v) is 2.68. The number of nitrogens with zero attached hydrogens (tertiary/aromatic N) is 2. The number of carboxylic acids is 1. The van der Waals surface area contributed by atoms with Gasteiger partial charge in [0.1, 0.15) is 11.6 Å². The van der Waals surface area contributed by atoms with E-state index in [1.807, 2.05) is 0 Å². The average Bonchev–Trinajstić information content (AvgIpc) is 2.97. The van der Waals surface area contributed by atoms with Crippen LogP contribution in [0.25, 0.3) is 0 Å². The summed E-state index contributed by atoms with van der Waals surface area (Å²) < 4.78 is 5.05. The van der Waals surface area contributed by atoms with Crippen molar-refractivity contribution in [2.45, 2.75) is 20.0 Å². The molecule has 8 nitrogen and oxygen atoms in total. The quantitative estimate of drug-likeness (QED) is 0.866. The SMILES string of the molecule is COc1cc(C(=O)O)cc(C(=O)N2Cc3nc(C)[nH]c(=O)c3C2)c1. The number of aryl methyl sites for hydroxylation is 1. The van der Waals surface area contributed by atoms with Gasteiger partial charge in [-0.25, -0.2) is 9.78 Å². The summed E-state index contributed by atoms with van der Waals surface area (Å²) in [5, 5.41) is 9.15. The van der Waals surface area contributed by atoms with E-state index in [0.717, 1.165) is 0 Å². The zero-order chi connectivity index (χ0) is 17.4. The standard InChI is InChI=1S/C16H15N3O5/c1-8-17-13-7-19(6-12(13)14(20)18-8)15(21)9-3-10(16(22)23)5-11(4-9)24-2/h3-5H,6-7H2,1-2H3,(H,22,23)(H,17,18,20). The Morgan fingerprint density at radius 2 is 1.96 bits per heavy atom. The molecule has 1 amide bonds. The van der Waals surface area contributed by atoms with E-state index in [-0.39, 0.29) is 41.4 Å². The summed E-state index contributed by atoms with van der Waals surface area (Å²) >= 11 is 0. The number of H-pyrrole nitrogens is 1. The molecule has 2 N–H and O–H groups in total. The maximum absolute atomic E-state index is 12.7. The number of carbonyl (C=O) groups excluding carboxylic acids is 1. The molecule has 0 unspecified atom stereocenters. The Bertz CT molecular complexity index is 903. The second kappa shape index (κ2) is 5.80. The number of carbonyl (C=O) groups is 2. The van der Waals surface area contributed by atoms with E-state index in [0.29, 0.717) is 17.1 Å². The van der Waals surface area contributed by atoms with E-state index in [2.05, 4.69) is 9.97 Å². The molecule has 1 aliphatic heterocycles. The zero-order valence-electron chi connectivity index (χ0n) is 13.1. The molecule has 124 valence electrons. The van der Waals surface area contributed by atoms with Crippen molar-refractivity contribution in [3.05, 3.63) is 56.8 Å². The van der Waals surface area contributed by atoms with Crippen LogP contribution in [0.5, 0.6) is 5.75 Å². The topological polar surface area (TPSA) is 113 Å². The number of aromatic amines is 1. The van der Waals surface area contributed by atoms with Crippen molar-refractivity contribution in [3.63, 3.8) is 0 Å². The predicted octanol–water partition coefficient (Wildman–Crippen LogP) is 0.941. The minimum absolute atomic E-state index is 0.0405. The lowest BCUT2D eigenvalue weighted by atomic mass is 10.1.